The van der Waals surface area contributed by atoms with Gasteiger partial charge in [0.15, 0.2) is 22.8 Å². The Morgan fingerprint density at radius 2 is 2.03 bits per heavy atom. The summed E-state index contributed by atoms with van der Waals surface area (Å²) in [6.45, 7) is 3.34. The lowest BCUT2D eigenvalue weighted by Gasteiger charge is -2.14. The summed E-state index contributed by atoms with van der Waals surface area (Å²) in [4.78, 5) is 28.3. The minimum absolute atomic E-state index is 0.266. The van der Waals surface area contributed by atoms with Crippen molar-refractivity contribution >= 4 is 52.2 Å². The highest BCUT2D eigenvalue weighted by Crippen LogP contribution is 2.33. The van der Waals surface area contributed by atoms with Gasteiger partial charge >= 0.3 is 5.97 Å². The van der Waals surface area contributed by atoms with E-state index in [2.05, 4.69) is 10.3 Å². The van der Waals surface area contributed by atoms with Crippen LogP contribution in [0.2, 0.25) is 5.02 Å². The van der Waals surface area contributed by atoms with Crippen molar-refractivity contribution in [1.82, 2.24) is 5.32 Å². The number of thioether (sulfide) groups is 1. The van der Waals surface area contributed by atoms with E-state index in [0.717, 1.165) is 5.56 Å². The molecule has 1 aliphatic heterocycles. The average Bonchev–Trinajstić information content (AvgIpc) is 3.04. The van der Waals surface area contributed by atoms with E-state index in [1.54, 1.807) is 36.4 Å². The van der Waals surface area contributed by atoms with Crippen molar-refractivity contribution in [1.29, 1.82) is 0 Å². The fourth-order valence-electron chi connectivity index (χ4n) is 2.56. The Morgan fingerprint density at radius 1 is 1.27 bits per heavy atom. The van der Waals surface area contributed by atoms with E-state index in [-0.39, 0.29) is 5.91 Å². The second-order valence-electron chi connectivity index (χ2n) is 6.42. The monoisotopic (exact) mass is 446 g/mol. The van der Waals surface area contributed by atoms with Gasteiger partial charge in [0.2, 0.25) is 0 Å². The smallest absolute Gasteiger partial charge is 0.344 e. The highest BCUT2D eigenvalue weighted by atomic mass is 35.5. The number of carbonyl (C=O) groups excluding carboxylic acids is 1. The lowest BCUT2D eigenvalue weighted by atomic mass is 10.2. The van der Waals surface area contributed by atoms with Gasteiger partial charge in [-0.15, -0.1) is 0 Å². The van der Waals surface area contributed by atoms with Gasteiger partial charge in [-0.2, -0.15) is 0 Å². The molecule has 2 aromatic carbocycles. The van der Waals surface area contributed by atoms with Crippen molar-refractivity contribution in [3.63, 3.8) is 0 Å². The lowest BCUT2D eigenvalue weighted by Crippen LogP contribution is -2.23. The zero-order chi connectivity index (χ0) is 21.8. The molecule has 1 aliphatic rings. The van der Waals surface area contributed by atoms with Crippen LogP contribution in [0.25, 0.3) is 6.08 Å². The van der Waals surface area contributed by atoms with Gasteiger partial charge in [-0.1, -0.05) is 23.7 Å². The molecule has 9 heteroatoms. The largest absolute Gasteiger partial charge is 0.493 e. The molecule has 0 unspecified atom stereocenters. The topological polar surface area (TPSA) is 97.2 Å². The fraction of sp³-hybridized carbons (Fsp3) is 0.190. The quantitative estimate of drug-likeness (QED) is 0.638. The number of halogens is 1. The number of hydrogen-bond acceptors (Lipinski definition) is 6. The molecule has 30 heavy (non-hydrogen) atoms. The van der Waals surface area contributed by atoms with Crippen LogP contribution >= 0.6 is 23.4 Å². The molecule has 156 valence electrons. The van der Waals surface area contributed by atoms with Crippen LogP contribution in [-0.4, -0.2) is 35.4 Å². The van der Waals surface area contributed by atoms with Gasteiger partial charge in [-0.05, 0) is 67.1 Å². The SMILES string of the molecule is COc1cc(/C=C2\SC(=Nc3cc(Cl)ccc3C)NC2=O)ccc1O[C@@H](C)C(=O)O. The van der Waals surface area contributed by atoms with Crippen molar-refractivity contribution in [2.24, 2.45) is 4.99 Å². The zero-order valence-corrected chi connectivity index (χ0v) is 18.0. The van der Waals surface area contributed by atoms with E-state index in [1.807, 2.05) is 13.0 Å². The Morgan fingerprint density at radius 3 is 2.73 bits per heavy atom. The minimum Gasteiger partial charge on any atom is -0.493 e. The number of hydrogen-bond donors (Lipinski definition) is 2. The number of carbonyl (C=O) groups is 2. The fourth-order valence-corrected chi connectivity index (χ4v) is 3.56. The minimum atomic E-state index is -1.08. The summed E-state index contributed by atoms with van der Waals surface area (Å²) < 4.78 is 10.7. The first-order valence-corrected chi connectivity index (χ1v) is 10.1. The van der Waals surface area contributed by atoms with Crippen molar-refractivity contribution in [2.45, 2.75) is 20.0 Å². The number of rotatable bonds is 6. The number of ether oxygens (including phenoxy) is 2. The molecular formula is C21H19ClN2O5S. The number of amidine groups is 1. The summed E-state index contributed by atoms with van der Waals surface area (Å²) >= 11 is 7.24. The number of aliphatic carboxylic acids is 1. The van der Waals surface area contributed by atoms with E-state index in [1.165, 1.54) is 25.8 Å². The first kappa shape index (κ1) is 21.7. The van der Waals surface area contributed by atoms with Gasteiger partial charge in [-0.25, -0.2) is 9.79 Å². The van der Waals surface area contributed by atoms with Crippen LogP contribution in [0.15, 0.2) is 46.3 Å². The van der Waals surface area contributed by atoms with Gasteiger partial charge in [0.05, 0.1) is 17.7 Å². The average molecular weight is 447 g/mol. The number of nitrogens with zero attached hydrogens (tertiary/aromatic N) is 1. The van der Waals surface area contributed by atoms with Crippen molar-refractivity contribution < 1.29 is 24.2 Å². The number of benzene rings is 2. The van der Waals surface area contributed by atoms with Crippen LogP contribution in [0, 0.1) is 6.92 Å². The standard InChI is InChI=1S/C21H19ClN2O5S/c1-11-4-6-14(22)10-15(11)23-21-24-19(25)18(30-21)9-13-5-7-16(17(8-13)28-3)29-12(2)20(26)27/h4-10,12H,1-3H3,(H,26,27)(H,23,24,25)/b18-9-/t12-/m0/s1. The Bertz CT molecular complexity index is 1070. The van der Waals surface area contributed by atoms with Crippen LogP contribution in [0.3, 0.4) is 0 Å². The molecule has 3 rings (SSSR count). The summed E-state index contributed by atoms with van der Waals surface area (Å²) in [6, 6.07) is 10.4. The third-order valence-electron chi connectivity index (χ3n) is 4.18. The molecule has 0 bridgehead atoms. The van der Waals surface area contributed by atoms with Crippen molar-refractivity contribution in [3.8, 4) is 11.5 Å². The molecule has 1 heterocycles. The summed E-state index contributed by atoms with van der Waals surface area (Å²) in [7, 11) is 1.46. The Hall–Kier alpha value is -2.97. The summed E-state index contributed by atoms with van der Waals surface area (Å²) in [5.41, 5.74) is 2.32. The number of carboxylic acid groups (broad SMARTS) is 1. The number of carboxylic acids is 1. The van der Waals surface area contributed by atoms with Gasteiger partial charge in [0, 0.05) is 5.02 Å². The molecule has 1 fully saturated rings. The molecule has 0 aliphatic carbocycles. The summed E-state index contributed by atoms with van der Waals surface area (Å²) in [5.74, 6) is -0.678. The van der Waals surface area contributed by atoms with Gasteiger partial charge in [0.25, 0.3) is 5.91 Å². The maximum Gasteiger partial charge on any atom is 0.344 e. The summed E-state index contributed by atoms with van der Waals surface area (Å²) in [5, 5.41) is 12.8. The number of nitrogens with one attached hydrogen (secondary N) is 1. The third-order valence-corrected chi connectivity index (χ3v) is 5.33. The van der Waals surface area contributed by atoms with E-state index in [4.69, 9.17) is 26.2 Å². The van der Waals surface area contributed by atoms with Crippen LogP contribution < -0.4 is 14.8 Å². The molecular weight excluding hydrogens is 428 g/mol. The number of aryl methyl sites for hydroxylation is 1. The molecule has 1 saturated heterocycles. The van der Waals surface area contributed by atoms with E-state index < -0.39 is 12.1 Å². The van der Waals surface area contributed by atoms with Crippen LogP contribution in [-0.2, 0) is 9.59 Å². The normalized spacial score (nSPS) is 17.1. The molecule has 2 N–H and O–H groups in total. The Labute approximate surface area is 182 Å². The number of amides is 1. The molecule has 0 spiro atoms. The van der Waals surface area contributed by atoms with Crippen LogP contribution in [0.4, 0.5) is 5.69 Å². The first-order valence-electron chi connectivity index (χ1n) is 8.90. The predicted molar refractivity (Wildman–Crippen MR) is 118 cm³/mol. The van der Waals surface area contributed by atoms with E-state index in [9.17, 15) is 9.59 Å². The maximum atomic E-state index is 12.3. The second-order valence-corrected chi connectivity index (χ2v) is 7.89. The summed E-state index contributed by atoms with van der Waals surface area (Å²) in [6.07, 6.45) is 0.674. The molecule has 1 atom stereocenters. The van der Waals surface area contributed by atoms with Crippen molar-refractivity contribution in [2.75, 3.05) is 7.11 Å². The molecule has 0 saturated carbocycles. The lowest BCUT2D eigenvalue weighted by molar-refractivity contribution is -0.144. The molecule has 1 amide bonds. The third kappa shape index (κ3) is 5.14. The first-order chi connectivity index (χ1) is 14.3. The molecule has 2 aromatic rings. The molecule has 0 aromatic heterocycles. The van der Waals surface area contributed by atoms with E-state index >= 15 is 0 Å². The van der Waals surface area contributed by atoms with Crippen LogP contribution in [0.5, 0.6) is 11.5 Å². The number of aliphatic imine (C=N–C) groups is 1. The Kier molecular flexibility index (Phi) is 6.69. The van der Waals surface area contributed by atoms with Crippen molar-refractivity contribution in [3.05, 3.63) is 57.5 Å². The highest BCUT2D eigenvalue weighted by Gasteiger charge is 2.24. The maximum absolute atomic E-state index is 12.3. The van der Waals surface area contributed by atoms with Crippen LogP contribution in [0.1, 0.15) is 18.1 Å². The molecule has 0 radical (unpaired) electrons. The Balaban J connectivity index is 1.83. The number of methoxy groups -OCH3 is 1. The van der Waals surface area contributed by atoms with Gasteiger partial charge in [-0.3, -0.25) is 4.79 Å². The second kappa shape index (κ2) is 9.23. The van der Waals surface area contributed by atoms with E-state index in [0.29, 0.717) is 37.8 Å². The highest BCUT2D eigenvalue weighted by molar-refractivity contribution is 8.18. The zero-order valence-electron chi connectivity index (χ0n) is 16.4. The molecule has 7 nitrogen and oxygen atoms in total. The predicted octanol–water partition coefficient (Wildman–Crippen LogP) is 4.40. The van der Waals surface area contributed by atoms with Gasteiger partial charge < -0.3 is 19.9 Å². The van der Waals surface area contributed by atoms with Gasteiger partial charge in [0.1, 0.15) is 0 Å².